The van der Waals surface area contributed by atoms with Crippen LogP contribution < -0.4 is 0 Å². The quantitative estimate of drug-likeness (QED) is 0.118. The third-order valence-electron chi connectivity index (χ3n) is 7.81. The molecule has 6 aromatic rings. The van der Waals surface area contributed by atoms with Gasteiger partial charge < -0.3 is 19.6 Å². The van der Waals surface area contributed by atoms with Gasteiger partial charge in [-0.3, -0.25) is 0 Å². The Kier molecular flexibility index (Phi) is 9.47. The van der Waals surface area contributed by atoms with E-state index in [1.54, 1.807) is 36.4 Å². The van der Waals surface area contributed by atoms with Crippen LogP contribution in [0.4, 0.5) is 8.78 Å². The van der Waals surface area contributed by atoms with Gasteiger partial charge in [-0.2, -0.15) is 0 Å². The van der Waals surface area contributed by atoms with E-state index in [2.05, 4.69) is 9.97 Å². The minimum atomic E-state index is -1.28. The van der Waals surface area contributed by atoms with E-state index >= 15 is 0 Å². The van der Waals surface area contributed by atoms with Crippen LogP contribution in [0.25, 0.3) is 21.8 Å². The highest BCUT2D eigenvalue weighted by Gasteiger charge is 2.26. The monoisotopic (exact) mass is 622 g/mol. The number of nitrogens with one attached hydrogen (secondary N) is 2. The third-order valence-corrected chi connectivity index (χ3v) is 7.81. The zero-order valence-corrected chi connectivity index (χ0v) is 24.9. The normalized spacial score (nSPS) is 11.5. The topological polar surface area (TPSA) is 90.7 Å². The first kappa shape index (κ1) is 30.7. The molecule has 0 atom stereocenters. The second-order valence-corrected chi connectivity index (χ2v) is 10.9. The summed E-state index contributed by atoms with van der Waals surface area (Å²) in [5.41, 5.74) is 4.45. The number of nitrogens with zero attached hydrogens (tertiary/aromatic N) is 2. The van der Waals surface area contributed by atoms with Gasteiger partial charge in [0.2, 0.25) is 0 Å². The molecule has 4 aromatic carbocycles. The zero-order chi connectivity index (χ0) is 31.9. The Hall–Kier alpha value is -5.32. The number of halogens is 2. The van der Waals surface area contributed by atoms with Crippen LogP contribution in [0.15, 0.2) is 109 Å². The fourth-order valence-corrected chi connectivity index (χ4v) is 5.42. The zero-order valence-electron chi connectivity index (χ0n) is 24.9. The molecule has 2 N–H and O–H groups in total. The van der Waals surface area contributed by atoms with Gasteiger partial charge in [0.05, 0.1) is 13.1 Å². The molecular formula is C36H32F2N4O4. The highest BCUT2D eigenvalue weighted by molar-refractivity contribution is 6.29. The Morgan fingerprint density at radius 2 is 0.935 bits per heavy atom. The lowest BCUT2D eigenvalue weighted by molar-refractivity contribution is -0.221. The maximum atomic E-state index is 14.6. The van der Waals surface area contributed by atoms with Crippen molar-refractivity contribution in [2.45, 2.75) is 25.9 Å². The summed E-state index contributed by atoms with van der Waals surface area (Å²) in [5, 5.41) is 4.52. The molecule has 0 fully saturated rings. The molecule has 46 heavy (non-hydrogen) atoms. The highest BCUT2D eigenvalue weighted by atomic mass is 19.1. The summed E-state index contributed by atoms with van der Waals surface area (Å²) in [5.74, 6) is -3.49. The number of aromatic amines is 2. The smallest absolute Gasteiger partial charge is 0.361 e. The summed E-state index contributed by atoms with van der Waals surface area (Å²) < 4.78 is 29.2. The van der Waals surface area contributed by atoms with Crippen molar-refractivity contribution >= 4 is 33.7 Å². The van der Waals surface area contributed by atoms with E-state index in [1.165, 1.54) is 22.3 Å². The van der Waals surface area contributed by atoms with Crippen LogP contribution in [0.2, 0.25) is 0 Å². The van der Waals surface area contributed by atoms with Crippen molar-refractivity contribution in [3.63, 3.8) is 0 Å². The van der Waals surface area contributed by atoms with Crippen molar-refractivity contribution in [3.8, 4) is 0 Å². The SMILES string of the molecule is O=C(ON(CCc1c[nH]c2ccccc12)Cc1ccccc1F)C(=O)ON(CCc1c[nH]c2ccccc12)Cc1ccccc1F. The number of hydrogen-bond acceptors (Lipinski definition) is 6. The number of para-hydroxylation sites is 2. The number of fused-ring (bicyclic) bond motifs is 2. The molecule has 2 aromatic heterocycles. The second kappa shape index (κ2) is 14.2. The third kappa shape index (κ3) is 7.31. The first-order valence-corrected chi connectivity index (χ1v) is 15.0. The summed E-state index contributed by atoms with van der Waals surface area (Å²) in [6.45, 7) is 0.171. The van der Waals surface area contributed by atoms with Gasteiger partial charge in [-0.25, -0.2) is 18.4 Å². The lowest BCUT2D eigenvalue weighted by atomic mass is 10.1. The van der Waals surface area contributed by atoms with E-state index in [-0.39, 0.29) is 26.2 Å². The average molecular weight is 623 g/mol. The van der Waals surface area contributed by atoms with Gasteiger partial charge in [0, 0.05) is 58.4 Å². The molecule has 8 nitrogen and oxygen atoms in total. The number of H-pyrrole nitrogens is 2. The molecule has 0 radical (unpaired) electrons. The van der Waals surface area contributed by atoms with E-state index in [0.29, 0.717) is 24.0 Å². The van der Waals surface area contributed by atoms with E-state index in [0.717, 1.165) is 32.9 Å². The number of hydroxylamine groups is 4. The lowest BCUT2D eigenvalue weighted by Gasteiger charge is -2.23. The summed E-state index contributed by atoms with van der Waals surface area (Å²) >= 11 is 0. The number of carbonyl (C=O) groups excluding carboxylic acids is 2. The molecule has 0 saturated carbocycles. The van der Waals surface area contributed by atoms with Gasteiger partial charge in [0.1, 0.15) is 11.6 Å². The molecule has 2 heterocycles. The van der Waals surface area contributed by atoms with Crippen molar-refractivity contribution in [3.05, 3.63) is 143 Å². The molecule has 0 spiro atoms. The Balaban J connectivity index is 1.16. The van der Waals surface area contributed by atoms with Crippen molar-refractivity contribution in [2.24, 2.45) is 0 Å². The van der Waals surface area contributed by atoms with Gasteiger partial charge in [0.25, 0.3) is 0 Å². The summed E-state index contributed by atoms with van der Waals surface area (Å²) in [6.07, 6.45) is 4.64. The Bertz CT molecular complexity index is 1830. The maximum Gasteiger partial charge on any atom is 0.438 e. The molecule has 234 valence electrons. The van der Waals surface area contributed by atoms with Gasteiger partial charge in [-0.15, -0.1) is 10.1 Å². The summed E-state index contributed by atoms with van der Waals surface area (Å²) in [4.78, 5) is 43.7. The van der Waals surface area contributed by atoms with Gasteiger partial charge in [-0.05, 0) is 48.2 Å². The van der Waals surface area contributed by atoms with Crippen molar-refractivity contribution in [2.75, 3.05) is 13.1 Å². The number of aromatic nitrogens is 2. The van der Waals surface area contributed by atoms with Crippen LogP contribution in [0.5, 0.6) is 0 Å². The Morgan fingerprint density at radius 3 is 1.37 bits per heavy atom. The van der Waals surface area contributed by atoms with Crippen LogP contribution in [0.3, 0.4) is 0 Å². The number of rotatable bonds is 12. The van der Waals surface area contributed by atoms with Gasteiger partial charge in [0.15, 0.2) is 0 Å². The maximum absolute atomic E-state index is 14.6. The molecule has 0 bridgehead atoms. The molecule has 10 heteroatoms. The largest absolute Gasteiger partial charge is 0.438 e. The van der Waals surface area contributed by atoms with Crippen LogP contribution in [0, 0.1) is 11.6 Å². The molecule has 6 rings (SSSR count). The number of hydrogen-bond donors (Lipinski definition) is 2. The summed E-state index contributed by atoms with van der Waals surface area (Å²) in [7, 11) is 0. The number of benzene rings is 4. The van der Waals surface area contributed by atoms with Crippen molar-refractivity contribution in [1.29, 1.82) is 0 Å². The fourth-order valence-electron chi connectivity index (χ4n) is 5.42. The fraction of sp³-hybridized carbons (Fsp3) is 0.167. The van der Waals surface area contributed by atoms with E-state index in [4.69, 9.17) is 9.68 Å². The van der Waals surface area contributed by atoms with E-state index < -0.39 is 23.6 Å². The summed E-state index contributed by atoms with van der Waals surface area (Å²) in [6, 6.07) is 27.9. The van der Waals surface area contributed by atoms with E-state index in [1.807, 2.05) is 60.9 Å². The van der Waals surface area contributed by atoms with Gasteiger partial charge >= 0.3 is 11.9 Å². The van der Waals surface area contributed by atoms with Crippen LogP contribution in [-0.2, 0) is 45.2 Å². The predicted octanol–water partition coefficient (Wildman–Crippen LogP) is 6.63. The highest BCUT2D eigenvalue weighted by Crippen LogP contribution is 2.21. The van der Waals surface area contributed by atoms with Crippen molar-refractivity contribution < 1.29 is 28.0 Å². The molecular weight excluding hydrogens is 590 g/mol. The average Bonchev–Trinajstić information content (AvgIpc) is 3.68. The standard InChI is InChI=1S/C36H32F2N4O4/c37-31-13-5-1-9-27(31)23-41(19-17-25-21-39-33-15-7-3-11-29(25)33)45-35(43)36(44)46-42(24-28-10-2-6-14-32(28)38)20-18-26-22-40-34-16-8-4-12-30(26)34/h1-16,21-22,39-40H,17-20,23-24H2. The minimum Gasteiger partial charge on any atom is -0.361 e. The molecule has 0 saturated heterocycles. The minimum absolute atomic E-state index is 0.0897. The second-order valence-electron chi connectivity index (χ2n) is 10.9. The van der Waals surface area contributed by atoms with Gasteiger partial charge in [-0.1, -0.05) is 72.8 Å². The molecule has 0 unspecified atom stereocenters. The van der Waals surface area contributed by atoms with Crippen LogP contribution in [-0.4, -0.2) is 45.1 Å². The van der Waals surface area contributed by atoms with Crippen LogP contribution in [0.1, 0.15) is 22.3 Å². The Labute approximate surface area is 264 Å². The lowest BCUT2D eigenvalue weighted by Crippen LogP contribution is -2.37. The molecule has 0 amide bonds. The Morgan fingerprint density at radius 1 is 0.543 bits per heavy atom. The van der Waals surface area contributed by atoms with Crippen LogP contribution >= 0.6 is 0 Å². The predicted molar refractivity (Wildman–Crippen MR) is 170 cm³/mol. The first-order chi connectivity index (χ1) is 22.4. The van der Waals surface area contributed by atoms with E-state index in [9.17, 15) is 18.4 Å². The molecule has 0 aliphatic carbocycles. The first-order valence-electron chi connectivity index (χ1n) is 15.0. The molecule has 0 aliphatic rings. The van der Waals surface area contributed by atoms with Crippen molar-refractivity contribution in [1.82, 2.24) is 20.1 Å². The number of carbonyl (C=O) groups is 2. The molecule has 0 aliphatic heterocycles.